The zero-order valence-electron chi connectivity index (χ0n) is 10.8. The molecule has 0 saturated heterocycles. The van der Waals surface area contributed by atoms with Gasteiger partial charge in [-0.25, -0.2) is 4.98 Å². The topological polar surface area (TPSA) is 28.7 Å². The summed E-state index contributed by atoms with van der Waals surface area (Å²) in [5.74, 6) is 1.52. The minimum atomic E-state index is 0.192. The molecular formula is C14H20N2. The van der Waals surface area contributed by atoms with Crippen molar-refractivity contribution in [3.63, 3.8) is 0 Å². The first kappa shape index (κ1) is 11.2. The van der Waals surface area contributed by atoms with E-state index >= 15 is 0 Å². The van der Waals surface area contributed by atoms with Crippen LogP contribution in [0.15, 0.2) is 18.2 Å². The van der Waals surface area contributed by atoms with Gasteiger partial charge in [-0.15, -0.1) is 0 Å². The maximum absolute atomic E-state index is 4.58. The molecule has 0 radical (unpaired) electrons. The van der Waals surface area contributed by atoms with E-state index < -0.39 is 0 Å². The minimum absolute atomic E-state index is 0.192. The van der Waals surface area contributed by atoms with Gasteiger partial charge in [0.2, 0.25) is 0 Å². The molecule has 16 heavy (non-hydrogen) atoms. The fourth-order valence-electron chi connectivity index (χ4n) is 1.77. The maximum atomic E-state index is 4.58. The summed E-state index contributed by atoms with van der Waals surface area (Å²) < 4.78 is 0. The molecule has 2 heteroatoms. The van der Waals surface area contributed by atoms with Crippen LogP contribution in [0.5, 0.6) is 0 Å². The van der Waals surface area contributed by atoms with Crippen LogP contribution in [-0.4, -0.2) is 9.97 Å². The summed E-state index contributed by atoms with van der Waals surface area (Å²) in [5.41, 5.74) is 3.75. The van der Waals surface area contributed by atoms with Crippen LogP contribution in [-0.2, 0) is 5.41 Å². The molecule has 0 aliphatic carbocycles. The van der Waals surface area contributed by atoms with Crippen LogP contribution < -0.4 is 0 Å². The molecule has 0 amide bonds. The molecule has 2 rings (SSSR count). The van der Waals surface area contributed by atoms with E-state index in [1.165, 1.54) is 5.56 Å². The summed E-state index contributed by atoms with van der Waals surface area (Å²) >= 11 is 0. The molecule has 0 unspecified atom stereocenters. The molecule has 0 aliphatic heterocycles. The van der Waals surface area contributed by atoms with Crippen molar-refractivity contribution >= 4 is 11.0 Å². The summed E-state index contributed by atoms with van der Waals surface area (Å²) in [7, 11) is 0. The highest BCUT2D eigenvalue weighted by Crippen LogP contribution is 2.26. The average Bonchev–Trinajstić information content (AvgIpc) is 2.58. The number of hydrogen-bond donors (Lipinski definition) is 1. The van der Waals surface area contributed by atoms with Gasteiger partial charge in [0, 0.05) is 5.92 Å². The molecular weight excluding hydrogens is 196 g/mol. The lowest BCUT2D eigenvalue weighted by atomic mass is 9.87. The number of H-pyrrole nitrogens is 1. The van der Waals surface area contributed by atoms with Crippen LogP contribution in [0.25, 0.3) is 11.0 Å². The molecule has 0 bridgehead atoms. The molecule has 1 aromatic carbocycles. The number of aromatic amines is 1. The number of imidazole rings is 1. The molecule has 0 spiro atoms. The highest BCUT2D eigenvalue weighted by atomic mass is 14.9. The van der Waals surface area contributed by atoms with Crippen LogP contribution in [0.4, 0.5) is 0 Å². The van der Waals surface area contributed by atoms with Gasteiger partial charge in [0.05, 0.1) is 11.0 Å². The standard InChI is InChI=1S/C14H20N2/c1-9(2)13-15-11-7-6-10(14(3,4)5)8-12(11)16-13/h6-9H,1-5H3,(H,15,16). The summed E-state index contributed by atoms with van der Waals surface area (Å²) in [6, 6.07) is 6.50. The molecule has 1 aromatic heterocycles. The second-order valence-corrected chi connectivity index (χ2v) is 5.76. The number of aromatic nitrogens is 2. The third-order valence-corrected chi connectivity index (χ3v) is 2.91. The van der Waals surface area contributed by atoms with E-state index in [2.05, 4.69) is 62.8 Å². The number of nitrogens with zero attached hydrogens (tertiary/aromatic N) is 1. The van der Waals surface area contributed by atoms with Gasteiger partial charge in [-0.3, -0.25) is 0 Å². The predicted octanol–water partition coefficient (Wildman–Crippen LogP) is 3.98. The summed E-state index contributed by atoms with van der Waals surface area (Å²) in [6.45, 7) is 11.0. The molecule has 0 atom stereocenters. The molecule has 2 nitrogen and oxygen atoms in total. The van der Waals surface area contributed by atoms with E-state index in [0.717, 1.165) is 16.9 Å². The Labute approximate surface area is 97.1 Å². The average molecular weight is 216 g/mol. The van der Waals surface area contributed by atoms with Crippen LogP contribution in [0, 0.1) is 0 Å². The Morgan fingerprint density at radius 2 is 1.88 bits per heavy atom. The van der Waals surface area contributed by atoms with Gasteiger partial charge >= 0.3 is 0 Å². The summed E-state index contributed by atoms with van der Waals surface area (Å²) in [4.78, 5) is 7.98. The third-order valence-electron chi connectivity index (χ3n) is 2.91. The predicted molar refractivity (Wildman–Crippen MR) is 68.9 cm³/mol. The second-order valence-electron chi connectivity index (χ2n) is 5.76. The molecule has 0 fully saturated rings. The number of benzene rings is 1. The Kier molecular flexibility index (Phi) is 2.53. The smallest absolute Gasteiger partial charge is 0.109 e. The fraction of sp³-hybridized carbons (Fsp3) is 0.500. The van der Waals surface area contributed by atoms with Crippen LogP contribution in [0.2, 0.25) is 0 Å². The Morgan fingerprint density at radius 3 is 2.44 bits per heavy atom. The Morgan fingerprint density at radius 1 is 1.19 bits per heavy atom. The highest BCUT2D eigenvalue weighted by molar-refractivity contribution is 5.76. The van der Waals surface area contributed by atoms with E-state index in [0.29, 0.717) is 5.92 Å². The van der Waals surface area contributed by atoms with Crippen molar-refractivity contribution in [2.24, 2.45) is 0 Å². The molecule has 1 heterocycles. The molecule has 0 aliphatic rings. The van der Waals surface area contributed by atoms with Gasteiger partial charge in [-0.1, -0.05) is 40.7 Å². The van der Waals surface area contributed by atoms with E-state index in [1.807, 2.05) is 0 Å². The number of nitrogens with one attached hydrogen (secondary N) is 1. The van der Waals surface area contributed by atoms with Gasteiger partial charge in [-0.05, 0) is 23.1 Å². The van der Waals surface area contributed by atoms with Crippen molar-refractivity contribution in [2.45, 2.75) is 46.0 Å². The lowest BCUT2D eigenvalue weighted by Gasteiger charge is -2.18. The largest absolute Gasteiger partial charge is 0.342 e. The van der Waals surface area contributed by atoms with Crippen molar-refractivity contribution < 1.29 is 0 Å². The molecule has 1 N–H and O–H groups in total. The van der Waals surface area contributed by atoms with Gasteiger partial charge in [0.1, 0.15) is 5.82 Å². The first-order valence-corrected chi connectivity index (χ1v) is 5.88. The normalized spacial score (nSPS) is 12.6. The van der Waals surface area contributed by atoms with Crippen molar-refractivity contribution in [3.05, 3.63) is 29.6 Å². The molecule has 0 saturated carbocycles. The Bertz CT molecular complexity index is 501. The highest BCUT2D eigenvalue weighted by Gasteiger charge is 2.15. The van der Waals surface area contributed by atoms with Crippen molar-refractivity contribution in [2.75, 3.05) is 0 Å². The van der Waals surface area contributed by atoms with E-state index in [1.54, 1.807) is 0 Å². The number of hydrogen-bond acceptors (Lipinski definition) is 1. The van der Waals surface area contributed by atoms with Crippen LogP contribution in [0.3, 0.4) is 0 Å². The number of rotatable bonds is 1. The maximum Gasteiger partial charge on any atom is 0.109 e. The zero-order chi connectivity index (χ0) is 11.9. The second kappa shape index (κ2) is 3.62. The van der Waals surface area contributed by atoms with Crippen molar-refractivity contribution in [1.29, 1.82) is 0 Å². The van der Waals surface area contributed by atoms with E-state index in [-0.39, 0.29) is 5.41 Å². The van der Waals surface area contributed by atoms with Crippen molar-refractivity contribution in [1.82, 2.24) is 9.97 Å². The lowest BCUT2D eigenvalue weighted by molar-refractivity contribution is 0.591. The zero-order valence-corrected chi connectivity index (χ0v) is 10.8. The van der Waals surface area contributed by atoms with Gasteiger partial charge in [0.15, 0.2) is 0 Å². The lowest BCUT2D eigenvalue weighted by Crippen LogP contribution is -2.10. The summed E-state index contributed by atoms with van der Waals surface area (Å²) in [5, 5.41) is 0. The Hall–Kier alpha value is -1.31. The van der Waals surface area contributed by atoms with Crippen LogP contribution >= 0.6 is 0 Å². The first-order chi connectivity index (χ1) is 7.38. The quantitative estimate of drug-likeness (QED) is 0.767. The fourth-order valence-corrected chi connectivity index (χ4v) is 1.77. The van der Waals surface area contributed by atoms with Crippen molar-refractivity contribution in [3.8, 4) is 0 Å². The van der Waals surface area contributed by atoms with Crippen LogP contribution in [0.1, 0.15) is 51.9 Å². The Balaban J connectivity index is 2.54. The van der Waals surface area contributed by atoms with Gasteiger partial charge in [0.25, 0.3) is 0 Å². The van der Waals surface area contributed by atoms with Gasteiger partial charge < -0.3 is 4.98 Å². The molecule has 2 aromatic rings. The molecule has 86 valence electrons. The SMILES string of the molecule is CC(C)c1nc2ccc(C(C)(C)C)cc2[nH]1. The minimum Gasteiger partial charge on any atom is -0.342 e. The van der Waals surface area contributed by atoms with Gasteiger partial charge in [-0.2, -0.15) is 0 Å². The first-order valence-electron chi connectivity index (χ1n) is 5.88. The third kappa shape index (κ3) is 1.97. The van der Waals surface area contributed by atoms with E-state index in [4.69, 9.17) is 0 Å². The summed E-state index contributed by atoms with van der Waals surface area (Å²) in [6.07, 6.45) is 0. The monoisotopic (exact) mass is 216 g/mol. The number of fused-ring (bicyclic) bond motifs is 1. The van der Waals surface area contributed by atoms with E-state index in [9.17, 15) is 0 Å².